The van der Waals surface area contributed by atoms with Crippen molar-refractivity contribution in [3.63, 3.8) is 0 Å². The molecule has 21 heavy (non-hydrogen) atoms. The van der Waals surface area contributed by atoms with Crippen LogP contribution in [0.3, 0.4) is 0 Å². The van der Waals surface area contributed by atoms with E-state index in [4.69, 9.17) is 11.6 Å². The van der Waals surface area contributed by atoms with Crippen molar-refractivity contribution in [2.45, 2.75) is 26.3 Å². The van der Waals surface area contributed by atoms with Gasteiger partial charge in [-0.15, -0.1) is 0 Å². The standard InChI is InChI=1S/C17H18BrClFN/c1-3-21-17(15-5-4-6-16(19)11(15)2)9-12-7-13(18)10-14(20)8-12/h4-8,10,17,21H,3,9H2,1-2H3. The first-order chi connectivity index (χ1) is 10.0. The van der Waals surface area contributed by atoms with Crippen molar-refractivity contribution < 1.29 is 4.39 Å². The molecule has 0 fully saturated rings. The van der Waals surface area contributed by atoms with Crippen LogP contribution < -0.4 is 5.32 Å². The Hall–Kier alpha value is -0.900. The highest BCUT2D eigenvalue weighted by Crippen LogP contribution is 2.27. The first kappa shape index (κ1) is 16.5. The summed E-state index contributed by atoms with van der Waals surface area (Å²) in [4.78, 5) is 0. The van der Waals surface area contributed by atoms with Gasteiger partial charge < -0.3 is 5.32 Å². The average molecular weight is 371 g/mol. The normalized spacial score (nSPS) is 12.4. The zero-order valence-electron chi connectivity index (χ0n) is 12.1. The summed E-state index contributed by atoms with van der Waals surface area (Å²) in [7, 11) is 0. The Morgan fingerprint density at radius 1 is 1.29 bits per heavy atom. The van der Waals surface area contributed by atoms with E-state index in [9.17, 15) is 4.39 Å². The minimum absolute atomic E-state index is 0.113. The smallest absolute Gasteiger partial charge is 0.124 e. The number of likely N-dealkylation sites (N-methyl/N-ethyl adjacent to an activating group) is 1. The van der Waals surface area contributed by atoms with E-state index in [1.165, 1.54) is 6.07 Å². The van der Waals surface area contributed by atoms with Crippen molar-refractivity contribution in [3.05, 3.63) is 68.4 Å². The van der Waals surface area contributed by atoms with Gasteiger partial charge in [0.25, 0.3) is 0 Å². The van der Waals surface area contributed by atoms with Crippen molar-refractivity contribution in [2.24, 2.45) is 0 Å². The molecular weight excluding hydrogens is 353 g/mol. The topological polar surface area (TPSA) is 12.0 Å². The maximum atomic E-state index is 13.5. The van der Waals surface area contributed by atoms with Crippen molar-refractivity contribution in [1.82, 2.24) is 5.32 Å². The van der Waals surface area contributed by atoms with E-state index in [1.807, 2.05) is 25.1 Å². The molecule has 0 aromatic heterocycles. The highest BCUT2D eigenvalue weighted by Gasteiger charge is 2.15. The molecule has 0 aliphatic rings. The van der Waals surface area contributed by atoms with Crippen molar-refractivity contribution in [2.75, 3.05) is 6.54 Å². The molecule has 0 bridgehead atoms. The summed E-state index contributed by atoms with van der Waals surface area (Å²) in [5.41, 5.74) is 3.18. The van der Waals surface area contributed by atoms with Gasteiger partial charge in [0.05, 0.1) is 0 Å². The minimum Gasteiger partial charge on any atom is -0.310 e. The molecule has 1 unspecified atom stereocenters. The summed E-state index contributed by atoms with van der Waals surface area (Å²) in [5, 5.41) is 4.22. The molecule has 1 nitrogen and oxygen atoms in total. The summed E-state index contributed by atoms with van der Waals surface area (Å²) in [6.45, 7) is 4.92. The Morgan fingerprint density at radius 3 is 2.71 bits per heavy atom. The van der Waals surface area contributed by atoms with Gasteiger partial charge in [-0.05, 0) is 60.8 Å². The molecule has 4 heteroatoms. The quantitative estimate of drug-likeness (QED) is 0.738. The second kappa shape index (κ2) is 7.39. The fraction of sp³-hybridized carbons (Fsp3) is 0.294. The van der Waals surface area contributed by atoms with Crippen LogP contribution in [-0.2, 0) is 6.42 Å². The highest BCUT2D eigenvalue weighted by atomic mass is 79.9. The lowest BCUT2D eigenvalue weighted by Gasteiger charge is -2.21. The number of halogens is 3. The molecule has 2 aromatic rings. The van der Waals surface area contributed by atoms with Crippen LogP contribution in [0.4, 0.5) is 4.39 Å². The molecule has 1 atom stereocenters. The van der Waals surface area contributed by atoms with Gasteiger partial charge in [0.1, 0.15) is 5.82 Å². The zero-order valence-corrected chi connectivity index (χ0v) is 14.4. The van der Waals surface area contributed by atoms with Gasteiger partial charge >= 0.3 is 0 Å². The van der Waals surface area contributed by atoms with E-state index in [-0.39, 0.29) is 11.9 Å². The number of hydrogen-bond acceptors (Lipinski definition) is 1. The van der Waals surface area contributed by atoms with Gasteiger partial charge in [-0.1, -0.05) is 46.6 Å². The van der Waals surface area contributed by atoms with Crippen LogP contribution in [0.1, 0.15) is 29.7 Å². The Balaban J connectivity index is 2.32. The van der Waals surface area contributed by atoms with E-state index in [0.717, 1.165) is 32.7 Å². The van der Waals surface area contributed by atoms with Crippen LogP contribution in [0.15, 0.2) is 40.9 Å². The maximum absolute atomic E-state index is 13.5. The molecular formula is C17H18BrClFN. The first-order valence-corrected chi connectivity index (χ1v) is 8.11. The van der Waals surface area contributed by atoms with E-state index >= 15 is 0 Å². The monoisotopic (exact) mass is 369 g/mol. The molecule has 0 heterocycles. The molecule has 0 aliphatic carbocycles. The summed E-state index contributed by atoms with van der Waals surface area (Å²) >= 11 is 9.56. The van der Waals surface area contributed by atoms with Crippen molar-refractivity contribution in [1.29, 1.82) is 0 Å². The highest BCUT2D eigenvalue weighted by molar-refractivity contribution is 9.10. The van der Waals surface area contributed by atoms with E-state index < -0.39 is 0 Å². The van der Waals surface area contributed by atoms with Crippen molar-refractivity contribution >= 4 is 27.5 Å². The molecule has 0 radical (unpaired) electrons. The average Bonchev–Trinajstić information content (AvgIpc) is 2.40. The first-order valence-electron chi connectivity index (χ1n) is 6.94. The van der Waals surface area contributed by atoms with Crippen LogP contribution in [0.2, 0.25) is 5.02 Å². The fourth-order valence-corrected chi connectivity index (χ4v) is 3.20. The largest absolute Gasteiger partial charge is 0.310 e. The molecule has 0 saturated heterocycles. The minimum atomic E-state index is -0.225. The van der Waals surface area contributed by atoms with Crippen LogP contribution in [-0.4, -0.2) is 6.54 Å². The maximum Gasteiger partial charge on any atom is 0.124 e. The third-order valence-electron chi connectivity index (χ3n) is 3.50. The lowest BCUT2D eigenvalue weighted by Crippen LogP contribution is -2.23. The Labute approximate surface area is 138 Å². The molecule has 2 rings (SSSR count). The summed E-state index contributed by atoms with van der Waals surface area (Å²) in [6.07, 6.45) is 0.714. The van der Waals surface area contributed by atoms with Crippen LogP contribution >= 0.6 is 27.5 Å². The molecule has 1 N–H and O–H groups in total. The Kier molecular flexibility index (Phi) is 5.80. The summed E-state index contributed by atoms with van der Waals surface area (Å²) < 4.78 is 14.3. The molecule has 0 saturated carbocycles. The van der Waals surface area contributed by atoms with Gasteiger partial charge in [-0.25, -0.2) is 4.39 Å². The molecule has 0 spiro atoms. The number of benzene rings is 2. The van der Waals surface area contributed by atoms with Gasteiger partial charge in [-0.2, -0.15) is 0 Å². The van der Waals surface area contributed by atoms with E-state index in [1.54, 1.807) is 6.07 Å². The summed E-state index contributed by atoms with van der Waals surface area (Å²) in [5.74, 6) is -0.225. The predicted molar refractivity (Wildman–Crippen MR) is 90.4 cm³/mol. The fourth-order valence-electron chi connectivity index (χ4n) is 2.50. The van der Waals surface area contributed by atoms with Gasteiger partial charge in [-0.3, -0.25) is 0 Å². The number of hydrogen-bond donors (Lipinski definition) is 1. The third kappa shape index (κ3) is 4.29. The van der Waals surface area contributed by atoms with Gasteiger partial charge in [0.15, 0.2) is 0 Å². The van der Waals surface area contributed by atoms with Crippen LogP contribution in [0.5, 0.6) is 0 Å². The zero-order chi connectivity index (χ0) is 15.4. The molecule has 2 aromatic carbocycles. The molecule has 0 amide bonds. The Bertz CT molecular complexity index is 610. The van der Waals surface area contributed by atoms with E-state index in [2.05, 4.69) is 34.2 Å². The number of nitrogens with one attached hydrogen (secondary N) is 1. The SMILES string of the molecule is CCNC(Cc1cc(F)cc(Br)c1)c1cccc(Cl)c1C. The lowest BCUT2D eigenvalue weighted by atomic mass is 9.95. The predicted octanol–water partition coefficient (Wildman–Crippen LogP) is 5.44. The molecule has 0 aliphatic heterocycles. The van der Waals surface area contributed by atoms with E-state index in [0.29, 0.717) is 6.42 Å². The summed E-state index contributed by atoms with van der Waals surface area (Å²) in [6, 6.07) is 11.0. The third-order valence-corrected chi connectivity index (χ3v) is 4.36. The second-order valence-corrected chi connectivity index (χ2v) is 6.37. The van der Waals surface area contributed by atoms with Crippen molar-refractivity contribution in [3.8, 4) is 0 Å². The van der Waals surface area contributed by atoms with Gasteiger partial charge in [0, 0.05) is 15.5 Å². The van der Waals surface area contributed by atoms with Gasteiger partial charge in [0.2, 0.25) is 0 Å². The lowest BCUT2D eigenvalue weighted by molar-refractivity contribution is 0.544. The molecule has 112 valence electrons. The second-order valence-electron chi connectivity index (χ2n) is 5.05. The van der Waals surface area contributed by atoms with Crippen LogP contribution in [0, 0.1) is 12.7 Å². The van der Waals surface area contributed by atoms with Crippen LogP contribution in [0.25, 0.3) is 0 Å². The Morgan fingerprint density at radius 2 is 2.05 bits per heavy atom. The number of rotatable bonds is 5.